The van der Waals surface area contributed by atoms with Gasteiger partial charge in [0, 0.05) is 16.3 Å². The van der Waals surface area contributed by atoms with Gasteiger partial charge in [-0.1, -0.05) is 29.8 Å². The summed E-state index contributed by atoms with van der Waals surface area (Å²) in [7, 11) is 2.33. The minimum Gasteiger partial charge on any atom is -0.465 e. The van der Waals surface area contributed by atoms with Crippen LogP contribution in [0, 0.1) is 0 Å². The summed E-state index contributed by atoms with van der Waals surface area (Å²) in [6, 6.07) is 9.62. The van der Waals surface area contributed by atoms with Crippen LogP contribution in [0.1, 0.15) is 33.2 Å². The molecule has 1 aliphatic heterocycles. The van der Waals surface area contributed by atoms with Crippen LogP contribution in [-0.2, 0) is 24.6 Å². The summed E-state index contributed by atoms with van der Waals surface area (Å²) in [5, 5.41) is 5.33. The monoisotopic (exact) mass is 473 g/mol. The summed E-state index contributed by atoms with van der Waals surface area (Å²) >= 11 is 6.20. The Morgan fingerprint density at radius 1 is 1.03 bits per heavy atom. The van der Waals surface area contributed by atoms with Crippen LogP contribution in [0.3, 0.4) is 0 Å². The van der Waals surface area contributed by atoms with E-state index in [2.05, 4.69) is 20.1 Å². The summed E-state index contributed by atoms with van der Waals surface area (Å²) in [6.45, 7) is 0.884. The number of rotatable bonds is 6. The Morgan fingerprint density at radius 2 is 1.61 bits per heavy atom. The number of carbonyl (C=O) groups is 5. The molecule has 33 heavy (non-hydrogen) atoms. The second-order valence-corrected chi connectivity index (χ2v) is 7.66. The number of halogens is 1. The molecule has 1 aliphatic rings. The third-order valence-corrected chi connectivity index (χ3v) is 5.38. The van der Waals surface area contributed by atoms with Gasteiger partial charge in [-0.2, -0.15) is 0 Å². The fraction of sp³-hybridized carbons (Fsp3) is 0.227. The average molecular weight is 474 g/mol. The van der Waals surface area contributed by atoms with Gasteiger partial charge in [-0.15, -0.1) is 0 Å². The van der Waals surface area contributed by atoms with Gasteiger partial charge in [0.25, 0.3) is 5.91 Å². The van der Waals surface area contributed by atoms with Crippen molar-refractivity contribution in [1.82, 2.24) is 10.2 Å². The highest BCUT2D eigenvalue weighted by molar-refractivity contribution is 6.32. The van der Waals surface area contributed by atoms with E-state index in [1.807, 2.05) is 0 Å². The minimum absolute atomic E-state index is 0.00279. The molecule has 0 saturated carbocycles. The molecule has 2 aromatic rings. The van der Waals surface area contributed by atoms with Crippen LogP contribution in [-0.4, -0.2) is 55.4 Å². The Kier molecular flexibility index (Phi) is 6.68. The molecule has 1 atom stereocenters. The molecule has 4 amide bonds. The molecule has 10 nitrogen and oxygen atoms in total. The number of hydrogen-bond acceptors (Lipinski definition) is 7. The zero-order chi connectivity index (χ0) is 24.3. The third kappa shape index (κ3) is 4.65. The average Bonchev–Trinajstić information content (AvgIpc) is 3.01. The summed E-state index contributed by atoms with van der Waals surface area (Å²) in [6.07, 6.45) is 0. The van der Waals surface area contributed by atoms with E-state index >= 15 is 0 Å². The van der Waals surface area contributed by atoms with Crippen molar-refractivity contribution in [2.45, 2.75) is 12.5 Å². The summed E-state index contributed by atoms with van der Waals surface area (Å²) in [4.78, 5) is 62.7. The predicted molar refractivity (Wildman–Crippen MR) is 117 cm³/mol. The Bertz CT molecular complexity index is 1130. The molecule has 0 spiro atoms. The number of amides is 4. The largest absolute Gasteiger partial charge is 0.465 e. The molecule has 0 radical (unpaired) electrons. The highest BCUT2D eigenvalue weighted by atomic mass is 35.5. The first kappa shape index (κ1) is 23.7. The zero-order valence-corrected chi connectivity index (χ0v) is 18.7. The second-order valence-electron chi connectivity index (χ2n) is 7.26. The molecule has 0 unspecified atom stereocenters. The highest BCUT2D eigenvalue weighted by Crippen LogP contribution is 2.33. The van der Waals surface area contributed by atoms with Gasteiger partial charge in [-0.25, -0.2) is 14.4 Å². The summed E-state index contributed by atoms with van der Waals surface area (Å²) < 4.78 is 9.31. The molecule has 0 bridgehead atoms. The van der Waals surface area contributed by atoms with E-state index in [9.17, 15) is 24.0 Å². The molecule has 11 heteroatoms. The van der Waals surface area contributed by atoms with Gasteiger partial charge >= 0.3 is 18.0 Å². The fourth-order valence-corrected chi connectivity index (χ4v) is 3.73. The number of urea groups is 1. The first-order valence-corrected chi connectivity index (χ1v) is 9.99. The number of hydrogen-bond donors (Lipinski definition) is 2. The number of anilines is 1. The van der Waals surface area contributed by atoms with Crippen LogP contribution in [0.2, 0.25) is 5.02 Å². The van der Waals surface area contributed by atoms with Crippen molar-refractivity contribution in [2.75, 3.05) is 26.1 Å². The van der Waals surface area contributed by atoms with Crippen LogP contribution >= 0.6 is 11.6 Å². The van der Waals surface area contributed by atoms with Gasteiger partial charge in [-0.05, 0) is 31.2 Å². The van der Waals surface area contributed by atoms with Gasteiger partial charge in [-0.3, -0.25) is 14.5 Å². The van der Waals surface area contributed by atoms with Crippen LogP contribution in [0.15, 0.2) is 42.5 Å². The van der Waals surface area contributed by atoms with Crippen LogP contribution in [0.25, 0.3) is 0 Å². The lowest BCUT2D eigenvalue weighted by Gasteiger charge is -2.23. The lowest BCUT2D eigenvalue weighted by molar-refractivity contribution is -0.133. The SMILES string of the molecule is COC(=O)c1cc(NC(=O)CN2C(=O)N[C@](C)(c3ccccc3Cl)C2=O)cc(C(=O)OC)c1. The quantitative estimate of drug-likeness (QED) is 0.486. The molecule has 2 N–H and O–H groups in total. The van der Waals surface area contributed by atoms with E-state index in [-0.39, 0.29) is 21.8 Å². The molecule has 172 valence electrons. The van der Waals surface area contributed by atoms with Crippen molar-refractivity contribution in [2.24, 2.45) is 0 Å². The van der Waals surface area contributed by atoms with E-state index in [0.29, 0.717) is 5.56 Å². The predicted octanol–water partition coefficient (Wildman–Crippen LogP) is 2.32. The van der Waals surface area contributed by atoms with Crippen molar-refractivity contribution in [3.63, 3.8) is 0 Å². The standard InChI is InChI=1S/C22H20ClN3O7/c1-22(15-6-4-5-7-16(15)23)20(30)26(21(31)25-22)11-17(27)24-14-9-12(18(28)32-2)8-13(10-14)19(29)33-3/h4-10H,11H2,1-3H3,(H,24,27)(H,25,31)/t22-/m1/s1. The maximum absolute atomic E-state index is 13.0. The maximum Gasteiger partial charge on any atom is 0.337 e. The number of nitrogens with zero attached hydrogens (tertiary/aromatic N) is 1. The normalized spacial score (nSPS) is 17.4. The fourth-order valence-electron chi connectivity index (χ4n) is 3.41. The Labute approximate surface area is 193 Å². The summed E-state index contributed by atoms with van der Waals surface area (Å²) in [5.74, 6) is -2.87. The molecule has 1 heterocycles. The number of ether oxygens (including phenoxy) is 2. The Morgan fingerprint density at radius 3 is 2.15 bits per heavy atom. The third-order valence-electron chi connectivity index (χ3n) is 5.05. The molecule has 3 rings (SSSR count). The first-order valence-electron chi connectivity index (χ1n) is 9.61. The molecule has 2 aromatic carbocycles. The Hall–Kier alpha value is -3.92. The number of methoxy groups -OCH3 is 2. The van der Waals surface area contributed by atoms with Crippen molar-refractivity contribution >= 4 is 47.1 Å². The number of carbonyl (C=O) groups excluding carboxylic acids is 5. The van der Waals surface area contributed by atoms with Crippen LogP contribution in [0.5, 0.6) is 0 Å². The van der Waals surface area contributed by atoms with Gasteiger partial charge in [0.1, 0.15) is 12.1 Å². The van der Waals surface area contributed by atoms with Gasteiger partial charge in [0.2, 0.25) is 5.91 Å². The molecule has 1 saturated heterocycles. The first-order chi connectivity index (χ1) is 15.6. The van der Waals surface area contributed by atoms with Gasteiger partial charge in [0.15, 0.2) is 0 Å². The van der Waals surface area contributed by atoms with E-state index in [4.69, 9.17) is 11.6 Å². The zero-order valence-electron chi connectivity index (χ0n) is 17.9. The molecular formula is C22H20ClN3O7. The van der Waals surface area contributed by atoms with Crippen molar-refractivity contribution in [3.8, 4) is 0 Å². The van der Waals surface area contributed by atoms with E-state index in [0.717, 1.165) is 4.90 Å². The molecule has 1 fully saturated rings. The lowest BCUT2D eigenvalue weighted by Crippen LogP contribution is -2.42. The van der Waals surface area contributed by atoms with Crippen molar-refractivity contribution < 1.29 is 33.4 Å². The molecule has 0 aliphatic carbocycles. The number of imide groups is 1. The van der Waals surface area contributed by atoms with Gasteiger partial charge < -0.3 is 20.1 Å². The van der Waals surface area contributed by atoms with Crippen molar-refractivity contribution in [1.29, 1.82) is 0 Å². The number of esters is 2. The smallest absolute Gasteiger partial charge is 0.337 e. The van der Waals surface area contributed by atoms with Crippen molar-refractivity contribution in [3.05, 3.63) is 64.2 Å². The maximum atomic E-state index is 13.0. The minimum atomic E-state index is -1.45. The second kappa shape index (κ2) is 9.29. The van der Waals surface area contributed by atoms with E-state index in [1.165, 1.54) is 39.3 Å². The number of benzene rings is 2. The molecule has 0 aromatic heterocycles. The van der Waals surface area contributed by atoms with Gasteiger partial charge in [0.05, 0.1) is 25.3 Å². The van der Waals surface area contributed by atoms with Crippen LogP contribution < -0.4 is 10.6 Å². The molecular weight excluding hydrogens is 454 g/mol. The highest BCUT2D eigenvalue weighted by Gasteiger charge is 2.50. The Balaban J connectivity index is 1.82. The number of nitrogens with one attached hydrogen (secondary N) is 2. The van der Waals surface area contributed by atoms with E-state index in [1.54, 1.807) is 24.3 Å². The summed E-state index contributed by atoms with van der Waals surface area (Å²) in [5.41, 5.74) is -0.988. The van der Waals surface area contributed by atoms with Crippen LogP contribution in [0.4, 0.5) is 10.5 Å². The lowest BCUT2D eigenvalue weighted by atomic mass is 9.92. The van der Waals surface area contributed by atoms with E-state index < -0.39 is 41.9 Å². The topological polar surface area (TPSA) is 131 Å².